The number of rotatable bonds is 7. The van der Waals surface area contributed by atoms with Crippen LogP contribution in [0, 0.1) is 5.92 Å². The van der Waals surface area contributed by atoms with Crippen molar-refractivity contribution in [2.45, 2.75) is 5.37 Å². The van der Waals surface area contributed by atoms with Crippen molar-refractivity contribution in [1.82, 2.24) is 5.32 Å². The van der Waals surface area contributed by atoms with Gasteiger partial charge in [-0.15, -0.1) is 0 Å². The van der Waals surface area contributed by atoms with E-state index in [4.69, 9.17) is 15.3 Å². The van der Waals surface area contributed by atoms with Gasteiger partial charge in [-0.3, -0.25) is 0 Å². The fourth-order valence-electron chi connectivity index (χ4n) is 1.01. The summed E-state index contributed by atoms with van der Waals surface area (Å²) < 4.78 is 26.6. The average molecular weight is 229 g/mol. The normalized spacial score (nSPS) is 14.6. The van der Waals surface area contributed by atoms with Gasteiger partial charge in [0.1, 0.15) is 5.37 Å². The highest BCUT2D eigenvalue weighted by Crippen LogP contribution is 2.11. The third kappa shape index (κ3) is 3.48. The molecule has 0 aromatic rings. The summed E-state index contributed by atoms with van der Waals surface area (Å²) >= 11 is 0. The Morgan fingerprint density at radius 3 is 2.07 bits per heavy atom. The first kappa shape index (κ1) is 13.8. The van der Waals surface area contributed by atoms with Gasteiger partial charge in [-0.1, -0.05) is 0 Å². The van der Waals surface area contributed by atoms with E-state index >= 15 is 0 Å². The smallest absolute Gasteiger partial charge is 0.286 e. The lowest BCUT2D eigenvalue weighted by Gasteiger charge is -2.22. The number of nitrogens with one attached hydrogen (secondary N) is 1. The van der Waals surface area contributed by atoms with Gasteiger partial charge in [0.05, 0.1) is 13.2 Å². The highest BCUT2D eigenvalue weighted by molar-refractivity contribution is 7.87. The largest absolute Gasteiger partial charge is 0.396 e. The van der Waals surface area contributed by atoms with E-state index in [1.165, 1.54) is 7.05 Å². The summed E-state index contributed by atoms with van der Waals surface area (Å²) in [5, 5.41) is 27.0. The van der Waals surface area contributed by atoms with Crippen molar-refractivity contribution < 1.29 is 27.9 Å². The van der Waals surface area contributed by atoms with Crippen LogP contribution >= 0.6 is 0 Å². The fourth-order valence-corrected chi connectivity index (χ4v) is 2.24. The molecule has 14 heavy (non-hydrogen) atoms. The van der Waals surface area contributed by atoms with Crippen LogP contribution in [0.2, 0.25) is 0 Å². The van der Waals surface area contributed by atoms with Crippen molar-refractivity contribution in [2.24, 2.45) is 5.92 Å². The van der Waals surface area contributed by atoms with Crippen molar-refractivity contribution in [1.29, 1.82) is 0 Å². The van der Waals surface area contributed by atoms with Gasteiger partial charge >= 0.3 is 0 Å². The SMILES string of the molecule is CNC(C(CO)CO)S(=O)(=O)OCO. The second-order valence-corrected chi connectivity index (χ2v) is 4.30. The molecule has 0 rings (SSSR count). The Morgan fingerprint density at radius 2 is 1.79 bits per heavy atom. The van der Waals surface area contributed by atoms with E-state index < -0.39 is 41.4 Å². The van der Waals surface area contributed by atoms with E-state index in [2.05, 4.69) is 9.50 Å². The van der Waals surface area contributed by atoms with Crippen LogP contribution < -0.4 is 5.32 Å². The molecule has 0 saturated heterocycles. The van der Waals surface area contributed by atoms with Crippen molar-refractivity contribution in [2.75, 3.05) is 27.1 Å². The molecule has 0 spiro atoms. The molecule has 0 aliphatic rings. The molecule has 0 aliphatic carbocycles. The standard InChI is InChI=1S/C6H15NO6S/c1-7-6(5(2-8)3-9)14(11,12)13-4-10/h5-10H,2-4H2,1H3. The summed E-state index contributed by atoms with van der Waals surface area (Å²) in [5.41, 5.74) is 0. The second kappa shape index (κ2) is 6.27. The molecule has 0 aromatic heterocycles. The molecule has 4 N–H and O–H groups in total. The van der Waals surface area contributed by atoms with Gasteiger partial charge in [0, 0.05) is 5.92 Å². The molecule has 0 fully saturated rings. The maximum atomic E-state index is 11.3. The first-order valence-corrected chi connectivity index (χ1v) is 5.38. The van der Waals surface area contributed by atoms with E-state index in [1.54, 1.807) is 0 Å². The Kier molecular flexibility index (Phi) is 6.16. The van der Waals surface area contributed by atoms with Crippen molar-refractivity contribution in [3.8, 4) is 0 Å². The molecule has 7 nitrogen and oxygen atoms in total. The van der Waals surface area contributed by atoms with E-state index in [0.717, 1.165) is 0 Å². The topological polar surface area (TPSA) is 116 Å². The lowest BCUT2D eigenvalue weighted by molar-refractivity contribution is 0.0931. The number of hydrogen-bond acceptors (Lipinski definition) is 7. The molecular weight excluding hydrogens is 214 g/mol. The summed E-state index contributed by atoms with van der Waals surface area (Å²) in [6.07, 6.45) is 0. The third-order valence-electron chi connectivity index (χ3n) is 1.71. The van der Waals surface area contributed by atoms with Gasteiger partial charge in [0.15, 0.2) is 6.79 Å². The van der Waals surface area contributed by atoms with Crippen molar-refractivity contribution >= 4 is 10.1 Å². The van der Waals surface area contributed by atoms with Gasteiger partial charge in [-0.2, -0.15) is 8.42 Å². The quantitative estimate of drug-likeness (QED) is 0.280. The molecular formula is C6H15NO6S. The number of aliphatic hydroxyl groups is 3. The van der Waals surface area contributed by atoms with E-state index in [0.29, 0.717) is 0 Å². The Morgan fingerprint density at radius 1 is 1.29 bits per heavy atom. The van der Waals surface area contributed by atoms with E-state index in [1.807, 2.05) is 0 Å². The molecule has 0 aromatic carbocycles. The van der Waals surface area contributed by atoms with Gasteiger partial charge in [0.25, 0.3) is 10.1 Å². The number of aliphatic hydroxyl groups excluding tert-OH is 3. The zero-order chi connectivity index (χ0) is 11.2. The lowest BCUT2D eigenvalue weighted by atomic mass is 10.2. The molecule has 0 aliphatic heterocycles. The summed E-state index contributed by atoms with van der Waals surface area (Å²) in [7, 11) is -2.68. The molecule has 0 saturated carbocycles. The van der Waals surface area contributed by atoms with Crippen LogP contribution in [0.15, 0.2) is 0 Å². The lowest BCUT2D eigenvalue weighted by Crippen LogP contribution is -2.44. The van der Waals surface area contributed by atoms with Crippen LogP contribution in [0.4, 0.5) is 0 Å². The van der Waals surface area contributed by atoms with Crippen LogP contribution in [0.3, 0.4) is 0 Å². The predicted octanol–water partition coefficient (Wildman–Crippen LogP) is -2.57. The first-order chi connectivity index (χ1) is 6.53. The second-order valence-electron chi connectivity index (χ2n) is 2.57. The van der Waals surface area contributed by atoms with Crippen molar-refractivity contribution in [3.63, 3.8) is 0 Å². The summed E-state index contributed by atoms with van der Waals surface area (Å²) in [4.78, 5) is 0. The summed E-state index contributed by atoms with van der Waals surface area (Å²) in [5.74, 6) is -0.892. The molecule has 0 heterocycles. The molecule has 0 amide bonds. The molecule has 86 valence electrons. The zero-order valence-corrected chi connectivity index (χ0v) is 8.57. The summed E-state index contributed by atoms with van der Waals surface area (Å²) in [6, 6.07) is 0. The average Bonchev–Trinajstić information content (AvgIpc) is 2.13. The van der Waals surface area contributed by atoms with E-state index in [-0.39, 0.29) is 0 Å². The first-order valence-electron chi connectivity index (χ1n) is 3.91. The maximum Gasteiger partial charge on any atom is 0.286 e. The zero-order valence-electron chi connectivity index (χ0n) is 7.75. The Labute approximate surface area is 82.4 Å². The predicted molar refractivity (Wildman–Crippen MR) is 47.6 cm³/mol. The molecule has 1 unspecified atom stereocenters. The Hall–Kier alpha value is -0.250. The highest BCUT2D eigenvalue weighted by Gasteiger charge is 2.32. The van der Waals surface area contributed by atoms with Crippen molar-refractivity contribution in [3.05, 3.63) is 0 Å². The third-order valence-corrected chi connectivity index (χ3v) is 3.39. The van der Waals surface area contributed by atoms with Gasteiger partial charge in [0.2, 0.25) is 0 Å². The summed E-state index contributed by atoms with van der Waals surface area (Å²) in [6.45, 7) is -1.98. The minimum Gasteiger partial charge on any atom is -0.396 e. The minimum atomic E-state index is -4.03. The van der Waals surface area contributed by atoms with Crippen LogP contribution in [0.1, 0.15) is 0 Å². The van der Waals surface area contributed by atoms with Crippen LogP contribution in [-0.2, 0) is 14.3 Å². The van der Waals surface area contributed by atoms with E-state index in [9.17, 15) is 8.42 Å². The molecule has 1 atom stereocenters. The van der Waals surface area contributed by atoms with Gasteiger partial charge in [-0.05, 0) is 7.05 Å². The molecule has 8 heteroatoms. The van der Waals surface area contributed by atoms with Crippen LogP contribution in [0.5, 0.6) is 0 Å². The van der Waals surface area contributed by atoms with Crippen LogP contribution in [0.25, 0.3) is 0 Å². The molecule has 0 bridgehead atoms. The Balaban J connectivity index is 4.69. The van der Waals surface area contributed by atoms with Gasteiger partial charge in [-0.25, -0.2) is 4.18 Å². The van der Waals surface area contributed by atoms with Gasteiger partial charge < -0.3 is 20.6 Å². The molecule has 0 radical (unpaired) electrons. The maximum absolute atomic E-state index is 11.3. The monoisotopic (exact) mass is 229 g/mol. The minimum absolute atomic E-state index is 0.504. The highest BCUT2D eigenvalue weighted by atomic mass is 32.2. The van der Waals surface area contributed by atoms with Crippen LogP contribution in [-0.4, -0.2) is 56.2 Å². The number of hydrogen-bond donors (Lipinski definition) is 4. The fraction of sp³-hybridized carbons (Fsp3) is 1.00. The Bertz CT molecular complexity index is 237.